The number of carbonyl (C=O) groups excluding carboxylic acids is 4. The summed E-state index contributed by atoms with van der Waals surface area (Å²) < 4.78 is 19.1. The number of hydrogen-bond acceptors (Lipinski definition) is 8. The molecule has 0 saturated carbocycles. The first-order valence-corrected chi connectivity index (χ1v) is 8.01. The molecule has 0 saturated heterocycles. The average molecular weight is 384 g/mol. The minimum Gasteiger partial charge on any atom is -0.461 e. The Morgan fingerprint density at radius 3 is 1.81 bits per heavy atom. The Morgan fingerprint density at radius 1 is 0.778 bits per heavy atom. The number of hydrogen-bond donors (Lipinski definition) is 2. The van der Waals surface area contributed by atoms with Gasteiger partial charge in [0, 0.05) is 18.6 Å². The third-order valence-corrected chi connectivity index (χ3v) is 2.63. The lowest BCUT2D eigenvalue weighted by molar-refractivity contribution is -0.138. The van der Waals surface area contributed by atoms with Crippen LogP contribution in [0.5, 0.6) is 0 Å². The Hall–Kier alpha value is -3.30. The van der Waals surface area contributed by atoms with Gasteiger partial charge in [-0.25, -0.2) is 19.2 Å². The van der Waals surface area contributed by atoms with Crippen molar-refractivity contribution in [2.45, 2.75) is 12.8 Å². The van der Waals surface area contributed by atoms with Crippen LogP contribution in [0.15, 0.2) is 37.6 Å². The van der Waals surface area contributed by atoms with Gasteiger partial charge in [-0.05, 0) is 6.42 Å². The van der Waals surface area contributed by atoms with Crippen LogP contribution in [0.1, 0.15) is 12.8 Å². The normalized spacial score (nSPS) is 9.33. The van der Waals surface area contributed by atoms with Gasteiger partial charge in [-0.1, -0.05) is 19.7 Å². The number of allylic oxidation sites excluding steroid dienone is 1. The summed E-state index contributed by atoms with van der Waals surface area (Å²) in [5.41, 5.74) is 0. The third kappa shape index (κ3) is 14.7. The predicted molar refractivity (Wildman–Crippen MR) is 94.5 cm³/mol. The van der Waals surface area contributed by atoms with Crippen LogP contribution in [-0.4, -0.2) is 57.0 Å². The zero-order valence-electron chi connectivity index (χ0n) is 15.0. The maximum Gasteiger partial charge on any atom is 0.412 e. The van der Waals surface area contributed by atoms with Crippen LogP contribution in [0.25, 0.3) is 0 Å². The molecule has 0 heterocycles. The highest BCUT2D eigenvalue weighted by Gasteiger charge is 2.07. The van der Waals surface area contributed by atoms with Gasteiger partial charge in [-0.3, -0.25) is 0 Å². The second kappa shape index (κ2) is 15.0. The van der Waals surface area contributed by atoms with Gasteiger partial charge in [0.15, 0.2) is 0 Å². The number of carbonyl (C=O) groups is 4. The fourth-order valence-corrected chi connectivity index (χ4v) is 1.43. The van der Waals surface area contributed by atoms with E-state index in [0.717, 1.165) is 12.2 Å². The van der Waals surface area contributed by atoms with Crippen LogP contribution in [-0.2, 0) is 28.5 Å². The standard InChI is InChI=1S/C17H24N2O8/c1-4-14(20)24-11-8-18-16(22)26-10-6-7-13(3)27-17(23)19-9-12-25-15(21)5-2/h4-5H,1-3,6-12H2,(H,18,22)(H,19,23). The highest BCUT2D eigenvalue weighted by atomic mass is 16.6. The zero-order chi connectivity index (χ0) is 20.5. The molecule has 27 heavy (non-hydrogen) atoms. The van der Waals surface area contributed by atoms with Crippen molar-refractivity contribution in [1.29, 1.82) is 0 Å². The molecular weight excluding hydrogens is 360 g/mol. The average Bonchev–Trinajstić information content (AvgIpc) is 2.65. The minimum atomic E-state index is -0.734. The van der Waals surface area contributed by atoms with Gasteiger partial charge in [-0.2, -0.15) is 0 Å². The molecule has 2 amide bonds. The lowest BCUT2D eigenvalue weighted by Gasteiger charge is -2.10. The van der Waals surface area contributed by atoms with Crippen LogP contribution in [0.3, 0.4) is 0 Å². The van der Waals surface area contributed by atoms with Gasteiger partial charge in [0.2, 0.25) is 0 Å². The second-order valence-corrected chi connectivity index (χ2v) is 4.76. The van der Waals surface area contributed by atoms with E-state index in [9.17, 15) is 19.2 Å². The van der Waals surface area contributed by atoms with E-state index < -0.39 is 24.1 Å². The van der Waals surface area contributed by atoms with Crippen molar-refractivity contribution in [2.75, 3.05) is 32.9 Å². The van der Waals surface area contributed by atoms with Gasteiger partial charge in [0.25, 0.3) is 0 Å². The van der Waals surface area contributed by atoms with E-state index in [4.69, 9.17) is 9.47 Å². The number of nitrogens with one attached hydrogen (secondary N) is 2. The van der Waals surface area contributed by atoms with Crippen molar-refractivity contribution in [3.8, 4) is 0 Å². The Labute approximate surface area is 157 Å². The summed E-state index contributed by atoms with van der Waals surface area (Å²) >= 11 is 0. The van der Waals surface area contributed by atoms with Crippen LogP contribution in [0.4, 0.5) is 9.59 Å². The van der Waals surface area contributed by atoms with Crippen molar-refractivity contribution in [1.82, 2.24) is 10.6 Å². The Balaban J connectivity index is 3.64. The number of rotatable bonds is 13. The van der Waals surface area contributed by atoms with E-state index in [-0.39, 0.29) is 38.7 Å². The molecule has 0 rings (SSSR count). The van der Waals surface area contributed by atoms with Crippen molar-refractivity contribution in [3.63, 3.8) is 0 Å². The zero-order valence-corrected chi connectivity index (χ0v) is 15.0. The summed E-state index contributed by atoms with van der Waals surface area (Å²) in [4.78, 5) is 44.3. The Bertz CT molecular complexity index is 559. The number of esters is 2. The molecule has 0 unspecified atom stereocenters. The molecule has 0 atom stereocenters. The van der Waals surface area contributed by atoms with E-state index in [1.807, 2.05) is 0 Å². The summed E-state index contributed by atoms with van der Waals surface area (Å²) in [5.74, 6) is -0.974. The summed E-state index contributed by atoms with van der Waals surface area (Å²) in [6, 6.07) is 0. The molecule has 0 aromatic heterocycles. The highest BCUT2D eigenvalue weighted by molar-refractivity contribution is 5.81. The Morgan fingerprint density at radius 2 is 1.30 bits per heavy atom. The lowest BCUT2D eigenvalue weighted by atomic mass is 10.3. The molecule has 0 bridgehead atoms. The van der Waals surface area contributed by atoms with Crippen LogP contribution in [0.2, 0.25) is 0 Å². The molecule has 0 aromatic rings. The summed E-state index contributed by atoms with van der Waals surface area (Å²) in [5, 5.41) is 4.76. The summed E-state index contributed by atoms with van der Waals surface area (Å²) in [6.45, 7) is 10.3. The molecule has 10 nitrogen and oxygen atoms in total. The molecule has 2 N–H and O–H groups in total. The topological polar surface area (TPSA) is 129 Å². The summed E-state index contributed by atoms with van der Waals surface area (Å²) in [6.07, 6.45) is 1.32. The van der Waals surface area contributed by atoms with Gasteiger partial charge in [0.05, 0.1) is 19.7 Å². The van der Waals surface area contributed by atoms with E-state index in [0.29, 0.717) is 12.8 Å². The second-order valence-electron chi connectivity index (χ2n) is 4.76. The molecule has 150 valence electrons. The SMILES string of the molecule is C=CC(=O)OCCNC(=O)OCCCC(=C)OC(=O)NCCOC(=O)C=C. The monoisotopic (exact) mass is 384 g/mol. The molecule has 0 fully saturated rings. The number of amides is 2. The van der Waals surface area contributed by atoms with E-state index in [2.05, 4.69) is 39.8 Å². The molecule has 0 radical (unpaired) electrons. The van der Waals surface area contributed by atoms with E-state index in [1.165, 1.54) is 0 Å². The van der Waals surface area contributed by atoms with Crippen molar-refractivity contribution >= 4 is 24.1 Å². The van der Waals surface area contributed by atoms with E-state index >= 15 is 0 Å². The van der Waals surface area contributed by atoms with Gasteiger partial charge in [-0.15, -0.1) is 0 Å². The first-order valence-electron chi connectivity index (χ1n) is 8.01. The first kappa shape index (κ1) is 23.7. The quantitative estimate of drug-likeness (QED) is 0.159. The molecule has 0 aromatic carbocycles. The summed E-state index contributed by atoms with van der Waals surface area (Å²) in [7, 11) is 0. The first-order chi connectivity index (χ1) is 12.9. The van der Waals surface area contributed by atoms with E-state index in [1.54, 1.807) is 0 Å². The third-order valence-electron chi connectivity index (χ3n) is 2.63. The van der Waals surface area contributed by atoms with Gasteiger partial charge < -0.3 is 29.6 Å². The smallest absolute Gasteiger partial charge is 0.412 e. The maximum absolute atomic E-state index is 11.4. The lowest BCUT2D eigenvalue weighted by Crippen LogP contribution is -2.29. The molecule has 0 spiro atoms. The van der Waals surface area contributed by atoms with Crippen LogP contribution in [0, 0.1) is 0 Å². The number of alkyl carbamates (subject to hydrolysis) is 2. The van der Waals surface area contributed by atoms with Crippen LogP contribution >= 0.6 is 0 Å². The molecule has 10 heteroatoms. The minimum absolute atomic E-state index is 0.00645. The van der Waals surface area contributed by atoms with Crippen LogP contribution < -0.4 is 10.6 Å². The predicted octanol–water partition coefficient (Wildman–Crippen LogP) is 1.19. The Kier molecular flexibility index (Phi) is 13.2. The van der Waals surface area contributed by atoms with Crippen molar-refractivity contribution in [3.05, 3.63) is 37.6 Å². The maximum atomic E-state index is 11.4. The van der Waals surface area contributed by atoms with Crippen molar-refractivity contribution < 1.29 is 38.1 Å². The number of ether oxygens (including phenoxy) is 4. The fraction of sp³-hybridized carbons (Fsp3) is 0.412. The molecule has 0 aliphatic heterocycles. The molecule has 0 aliphatic rings. The highest BCUT2D eigenvalue weighted by Crippen LogP contribution is 2.04. The van der Waals surface area contributed by atoms with Crippen molar-refractivity contribution in [2.24, 2.45) is 0 Å². The molecule has 0 aliphatic carbocycles. The molecular formula is C17H24N2O8. The van der Waals surface area contributed by atoms with Gasteiger partial charge >= 0.3 is 24.1 Å². The van der Waals surface area contributed by atoms with Gasteiger partial charge in [0.1, 0.15) is 19.0 Å². The fourth-order valence-electron chi connectivity index (χ4n) is 1.43. The largest absolute Gasteiger partial charge is 0.461 e.